The van der Waals surface area contributed by atoms with Crippen LogP contribution in [0, 0.1) is 11.8 Å². The maximum absolute atomic E-state index is 13.2. The minimum atomic E-state index is -0.489. The fraction of sp³-hybridized carbons (Fsp3) is 0.524. The van der Waals surface area contributed by atoms with Gasteiger partial charge in [-0.1, -0.05) is 49.2 Å². The van der Waals surface area contributed by atoms with Crippen molar-refractivity contribution in [2.45, 2.75) is 88.3 Å². The Labute approximate surface area is 297 Å². The second kappa shape index (κ2) is 16.3. The predicted octanol–water partition coefficient (Wildman–Crippen LogP) is 7.13. The van der Waals surface area contributed by atoms with E-state index in [4.69, 9.17) is 23.7 Å². The second-order valence-electron chi connectivity index (χ2n) is 14.7. The Morgan fingerprint density at radius 1 is 0.900 bits per heavy atom. The average Bonchev–Trinajstić information content (AvgIpc) is 3.12. The van der Waals surface area contributed by atoms with Crippen molar-refractivity contribution in [2.24, 2.45) is 11.8 Å². The Hall–Kier alpha value is -4.04. The van der Waals surface area contributed by atoms with Gasteiger partial charge in [-0.05, 0) is 123 Å². The van der Waals surface area contributed by atoms with Gasteiger partial charge in [-0.3, -0.25) is 9.59 Å². The number of fused-ring (bicyclic) bond motifs is 1. The van der Waals surface area contributed by atoms with Crippen molar-refractivity contribution in [1.29, 1.82) is 0 Å². The molecule has 5 atom stereocenters. The van der Waals surface area contributed by atoms with Crippen molar-refractivity contribution in [3.63, 3.8) is 0 Å². The molecular formula is C42H53NO7. The number of esters is 2. The number of carbonyl (C=O) groups is 2. The Kier molecular flexibility index (Phi) is 11.7. The van der Waals surface area contributed by atoms with Gasteiger partial charge in [0.05, 0.1) is 27.1 Å². The van der Waals surface area contributed by atoms with E-state index < -0.39 is 12.1 Å². The van der Waals surface area contributed by atoms with Crippen LogP contribution in [0.15, 0.2) is 66.7 Å². The molecule has 0 radical (unpaired) electrons. The zero-order valence-electron chi connectivity index (χ0n) is 30.2. The lowest BCUT2D eigenvalue weighted by molar-refractivity contribution is -0.161. The summed E-state index contributed by atoms with van der Waals surface area (Å²) < 4.78 is 29.2. The highest BCUT2D eigenvalue weighted by molar-refractivity contribution is 5.77. The normalized spacial score (nSPS) is 22.9. The zero-order valence-corrected chi connectivity index (χ0v) is 30.2. The minimum Gasteiger partial charge on any atom is -0.497 e. The molecule has 3 aliphatic rings. The summed E-state index contributed by atoms with van der Waals surface area (Å²) in [5, 5.41) is 0. The highest BCUT2D eigenvalue weighted by atomic mass is 16.6. The van der Waals surface area contributed by atoms with Gasteiger partial charge in [-0.25, -0.2) is 0 Å². The summed E-state index contributed by atoms with van der Waals surface area (Å²) in [4.78, 5) is 28.2. The van der Waals surface area contributed by atoms with Crippen LogP contribution in [0.3, 0.4) is 0 Å². The number of hydrogen-bond donors (Lipinski definition) is 0. The van der Waals surface area contributed by atoms with E-state index in [1.54, 1.807) is 14.2 Å². The van der Waals surface area contributed by atoms with Crippen LogP contribution in [-0.4, -0.2) is 70.5 Å². The molecule has 0 heterocycles. The number of benzene rings is 3. The van der Waals surface area contributed by atoms with E-state index in [-0.39, 0.29) is 36.9 Å². The molecule has 1 unspecified atom stereocenters. The molecule has 3 aromatic carbocycles. The van der Waals surface area contributed by atoms with Gasteiger partial charge in [-0.2, -0.15) is 0 Å². The first kappa shape index (κ1) is 35.8. The van der Waals surface area contributed by atoms with E-state index in [1.165, 1.54) is 36.0 Å². The van der Waals surface area contributed by atoms with E-state index in [1.807, 2.05) is 49.3 Å². The number of likely N-dealkylation sites (N-methyl/N-ethyl adjacent to an activating group) is 1. The number of nitrogens with zero attached hydrogens (tertiary/aromatic N) is 1. The lowest BCUT2D eigenvalue weighted by atomic mass is 9.48. The highest BCUT2D eigenvalue weighted by Gasteiger charge is 2.54. The maximum atomic E-state index is 13.2. The molecule has 50 heavy (non-hydrogen) atoms. The Morgan fingerprint density at radius 2 is 1.70 bits per heavy atom. The number of rotatable bonds is 15. The van der Waals surface area contributed by atoms with E-state index in [0.29, 0.717) is 18.4 Å². The lowest BCUT2D eigenvalue weighted by Gasteiger charge is -2.57. The molecule has 268 valence electrons. The molecule has 0 aromatic heterocycles. The maximum Gasteiger partial charge on any atom is 0.306 e. The molecule has 6 rings (SSSR count). The van der Waals surface area contributed by atoms with Crippen LogP contribution in [0.4, 0.5) is 0 Å². The molecule has 8 heteroatoms. The van der Waals surface area contributed by atoms with E-state index in [9.17, 15) is 9.59 Å². The van der Waals surface area contributed by atoms with Crippen molar-refractivity contribution in [3.05, 3.63) is 89.0 Å². The van der Waals surface area contributed by atoms with Crippen LogP contribution in [0.1, 0.15) is 73.6 Å². The predicted molar refractivity (Wildman–Crippen MR) is 193 cm³/mol. The number of methoxy groups -OCH3 is 2. The summed E-state index contributed by atoms with van der Waals surface area (Å²) in [6, 6.07) is 22.6. The topological polar surface area (TPSA) is 83.5 Å². The summed E-state index contributed by atoms with van der Waals surface area (Å²) in [6.07, 6.45) is 8.56. The summed E-state index contributed by atoms with van der Waals surface area (Å²) in [5.41, 5.74) is 5.12. The van der Waals surface area contributed by atoms with Gasteiger partial charge in [0.2, 0.25) is 0 Å². The molecule has 0 amide bonds. The van der Waals surface area contributed by atoms with Crippen LogP contribution in [-0.2, 0) is 43.7 Å². The molecule has 0 spiro atoms. The molecule has 2 bridgehead atoms. The van der Waals surface area contributed by atoms with Crippen molar-refractivity contribution in [2.75, 3.05) is 41.5 Å². The molecule has 0 N–H and O–H groups in total. The molecule has 2 saturated carbocycles. The smallest absolute Gasteiger partial charge is 0.306 e. The number of ether oxygens (including phenoxy) is 5. The third-order valence-electron chi connectivity index (χ3n) is 11.1. The van der Waals surface area contributed by atoms with Gasteiger partial charge in [0.15, 0.2) is 0 Å². The Morgan fingerprint density at radius 3 is 2.52 bits per heavy atom. The van der Waals surface area contributed by atoms with E-state index in [0.717, 1.165) is 61.3 Å². The number of para-hydroxylation sites is 1. The Bertz CT molecular complexity index is 1620. The molecule has 3 aromatic rings. The van der Waals surface area contributed by atoms with Gasteiger partial charge in [0, 0.05) is 12.0 Å². The fourth-order valence-corrected chi connectivity index (χ4v) is 8.93. The van der Waals surface area contributed by atoms with Crippen LogP contribution in [0.2, 0.25) is 0 Å². The molecular weight excluding hydrogens is 630 g/mol. The number of aryl methyl sites for hydroxylation is 2. The molecule has 8 nitrogen and oxygen atoms in total. The summed E-state index contributed by atoms with van der Waals surface area (Å²) in [5.74, 6) is 2.89. The van der Waals surface area contributed by atoms with Crippen molar-refractivity contribution in [1.82, 2.24) is 4.90 Å². The fourth-order valence-electron chi connectivity index (χ4n) is 8.93. The number of hydrogen-bond acceptors (Lipinski definition) is 8. The second-order valence-corrected chi connectivity index (χ2v) is 14.7. The average molecular weight is 684 g/mol. The summed E-state index contributed by atoms with van der Waals surface area (Å²) in [7, 11) is 7.27. The SMILES string of the molecule is COc1cccc(CCc2ccccc2OC[C@@H](CN(C)C)OC(=O)CCC(=O)OC2C[C@H]3Cc4ccc(OC)cc4[C@@]4(CCCC[C@H]34)C2)c1. The summed E-state index contributed by atoms with van der Waals surface area (Å²) >= 11 is 0. The van der Waals surface area contributed by atoms with E-state index in [2.05, 4.69) is 36.4 Å². The zero-order chi connectivity index (χ0) is 35.1. The van der Waals surface area contributed by atoms with Crippen molar-refractivity contribution >= 4 is 11.9 Å². The van der Waals surface area contributed by atoms with Crippen molar-refractivity contribution in [3.8, 4) is 17.2 Å². The van der Waals surface area contributed by atoms with Crippen LogP contribution in [0.25, 0.3) is 0 Å². The minimum absolute atomic E-state index is 0.00346. The third kappa shape index (κ3) is 8.45. The van der Waals surface area contributed by atoms with Gasteiger partial charge >= 0.3 is 11.9 Å². The first-order chi connectivity index (χ1) is 24.3. The molecule has 2 fully saturated rings. The third-order valence-corrected chi connectivity index (χ3v) is 11.1. The highest BCUT2D eigenvalue weighted by Crippen LogP contribution is 2.59. The standard InChI is InChI=1S/C42H53NO7/c1-43(2)27-36(28-48-39-14-6-5-11-30(39)16-15-29-10-9-12-33(22-29)46-3)50-41(45)20-19-40(44)49-35-24-32-23-31-17-18-34(47-4)25-38(31)42(26-35)21-8-7-13-37(32)42/h5-6,9-12,14,17-18,22,25,32,35-37H,7-8,13,15-16,19-21,23-24,26-28H2,1-4H3/t32-,35?,36-,37-,42+/m1/s1. The van der Waals surface area contributed by atoms with Gasteiger partial charge < -0.3 is 28.6 Å². The molecule has 0 saturated heterocycles. The van der Waals surface area contributed by atoms with Gasteiger partial charge in [0.1, 0.15) is 36.1 Å². The first-order valence-corrected chi connectivity index (χ1v) is 18.3. The lowest BCUT2D eigenvalue weighted by Crippen LogP contribution is -2.53. The molecule has 3 aliphatic carbocycles. The van der Waals surface area contributed by atoms with Crippen LogP contribution < -0.4 is 14.2 Å². The molecule has 0 aliphatic heterocycles. The van der Waals surface area contributed by atoms with Crippen LogP contribution >= 0.6 is 0 Å². The van der Waals surface area contributed by atoms with Gasteiger partial charge in [0.25, 0.3) is 0 Å². The summed E-state index contributed by atoms with van der Waals surface area (Å²) in [6.45, 7) is 0.713. The van der Waals surface area contributed by atoms with Crippen molar-refractivity contribution < 1.29 is 33.3 Å². The first-order valence-electron chi connectivity index (χ1n) is 18.3. The Balaban J connectivity index is 1.01. The number of carbonyl (C=O) groups excluding carboxylic acids is 2. The van der Waals surface area contributed by atoms with Crippen LogP contribution in [0.5, 0.6) is 17.2 Å². The monoisotopic (exact) mass is 683 g/mol. The van der Waals surface area contributed by atoms with Gasteiger partial charge in [-0.15, -0.1) is 0 Å². The quantitative estimate of drug-likeness (QED) is 0.157. The van der Waals surface area contributed by atoms with E-state index >= 15 is 0 Å². The largest absolute Gasteiger partial charge is 0.497 e.